The number of amides is 2. The van der Waals surface area contributed by atoms with Gasteiger partial charge in [0.15, 0.2) is 0 Å². The number of benzene rings is 2. The summed E-state index contributed by atoms with van der Waals surface area (Å²) in [5.41, 5.74) is 1.59. The lowest BCUT2D eigenvalue weighted by molar-refractivity contribution is -0.115. The standard InChI is InChI=1S/C18H15NO4S/c20-15(13-4-2-1-3-5-13)11-23-14-8-6-12(7-9-14)10-16-17(21)19-18(22)24-16/h1-10,15,20H,11H2,(H,19,21,22)/b16-10+. The van der Waals surface area contributed by atoms with Crippen molar-refractivity contribution in [1.82, 2.24) is 5.32 Å². The van der Waals surface area contributed by atoms with Gasteiger partial charge in [-0.05, 0) is 41.1 Å². The van der Waals surface area contributed by atoms with Crippen molar-refractivity contribution in [3.63, 3.8) is 0 Å². The van der Waals surface area contributed by atoms with Gasteiger partial charge in [0.05, 0.1) is 4.91 Å². The average Bonchev–Trinajstić information content (AvgIpc) is 2.92. The normalized spacial score (nSPS) is 17.0. The van der Waals surface area contributed by atoms with Crippen LogP contribution in [0.2, 0.25) is 0 Å². The minimum Gasteiger partial charge on any atom is -0.491 e. The molecule has 2 amide bonds. The third-order valence-corrected chi connectivity index (χ3v) is 4.22. The Morgan fingerprint density at radius 1 is 1.08 bits per heavy atom. The Hall–Kier alpha value is -2.57. The van der Waals surface area contributed by atoms with Gasteiger partial charge in [0.25, 0.3) is 11.1 Å². The highest BCUT2D eigenvalue weighted by molar-refractivity contribution is 8.18. The molecule has 5 nitrogen and oxygen atoms in total. The Kier molecular flexibility index (Phi) is 4.98. The number of nitrogens with one attached hydrogen (secondary N) is 1. The van der Waals surface area contributed by atoms with E-state index in [1.807, 2.05) is 30.3 Å². The molecule has 3 rings (SSSR count). The van der Waals surface area contributed by atoms with E-state index in [0.29, 0.717) is 10.7 Å². The third-order valence-electron chi connectivity index (χ3n) is 3.41. The van der Waals surface area contributed by atoms with Gasteiger partial charge in [-0.15, -0.1) is 0 Å². The maximum Gasteiger partial charge on any atom is 0.290 e. The van der Waals surface area contributed by atoms with Crippen molar-refractivity contribution >= 4 is 29.0 Å². The van der Waals surface area contributed by atoms with Crippen LogP contribution in [0.4, 0.5) is 4.79 Å². The topological polar surface area (TPSA) is 75.6 Å². The van der Waals surface area contributed by atoms with E-state index in [2.05, 4.69) is 5.32 Å². The summed E-state index contributed by atoms with van der Waals surface area (Å²) in [6.07, 6.45) is 0.950. The first-order chi connectivity index (χ1) is 11.6. The van der Waals surface area contributed by atoms with Gasteiger partial charge in [0.2, 0.25) is 0 Å². The lowest BCUT2D eigenvalue weighted by Gasteiger charge is -2.12. The zero-order valence-electron chi connectivity index (χ0n) is 12.6. The summed E-state index contributed by atoms with van der Waals surface area (Å²) in [4.78, 5) is 23.0. The van der Waals surface area contributed by atoms with Gasteiger partial charge in [-0.2, -0.15) is 0 Å². The molecular formula is C18H15NO4S. The predicted octanol–water partition coefficient (Wildman–Crippen LogP) is 3.12. The Balaban J connectivity index is 1.60. The molecule has 24 heavy (non-hydrogen) atoms. The van der Waals surface area contributed by atoms with Gasteiger partial charge in [-0.3, -0.25) is 14.9 Å². The molecule has 1 aliphatic rings. The molecule has 1 unspecified atom stereocenters. The highest BCUT2D eigenvalue weighted by Gasteiger charge is 2.24. The smallest absolute Gasteiger partial charge is 0.290 e. The molecule has 122 valence electrons. The molecule has 1 aliphatic heterocycles. The van der Waals surface area contributed by atoms with Gasteiger partial charge in [-0.1, -0.05) is 42.5 Å². The van der Waals surface area contributed by atoms with Gasteiger partial charge >= 0.3 is 0 Å². The second kappa shape index (κ2) is 7.33. The van der Waals surface area contributed by atoms with E-state index in [1.165, 1.54) is 0 Å². The molecule has 0 bridgehead atoms. The van der Waals surface area contributed by atoms with Crippen LogP contribution in [0.3, 0.4) is 0 Å². The molecule has 1 heterocycles. The highest BCUT2D eigenvalue weighted by Crippen LogP contribution is 2.26. The number of ether oxygens (including phenoxy) is 1. The van der Waals surface area contributed by atoms with E-state index in [-0.39, 0.29) is 17.8 Å². The predicted molar refractivity (Wildman–Crippen MR) is 92.4 cm³/mol. The third kappa shape index (κ3) is 4.04. The number of hydrogen-bond donors (Lipinski definition) is 2. The van der Waals surface area contributed by atoms with Crippen LogP contribution in [0.5, 0.6) is 5.75 Å². The number of imide groups is 1. The van der Waals surface area contributed by atoms with Crippen LogP contribution < -0.4 is 10.1 Å². The molecule has 2 aromatic rings. The number of hydrogen-bond acceptors (Lipinski definition) is 5. The number of carbonyl (C=O) groups is 2. The Labute approximate surface area is 143 Å². The maximum absolute atomic E-state index is 11.5. The van der Waals surface area contributed by atoms with E-state index >= 15 is 0 Å². The summed E-state index contributed by atoms with van der Waals surface area (Å²) in [5, 5.41) is 11.9. The van der Waals surface area contributed by atoms with Crippen LogP contribution in [-0.2, 0) is 4.79 Å². The number of aliphatic hydroxyl groups excluding tert-OH is 1. The molecular weight excluding hydrogens is 326 g/mol. The van der Waals surface area contributed by atoms with E-state index < -0.39 is 6.10 Å². The fraction of sp³-hybridized carbons (Fsp3) is 0.111. The quantitative estimate of drug-likeness (QED) is 0.817. The summed E-state index contributed by atoms with van der Waals surface area (Å²) < 4.78 is 5.58. The van der Waals surface area contributed by atoms with Crippen LogP contribution in [0.1, 0.15) is 17.2 Å². The van der Waals surface area contributed by atoms with E-state index in [4.69, 9.17) is 4.74 Å². The SMILES string of the molecule is O=C1NC(=O)/C(=C\c2ccc(OCC(O)c3ccccc3)cc2)S1. The van der Waals surface area contributed by atoms with Crippen molar-refractivity contribution in [2.45, 2.75) is 6.10 Å². The molecule has 1 fully saturated rings. The van der Waals surface area contributed by atoms with Gasteiger partial charge in [-0.25, -0.2) is 0 Å². The molecule has 1 saturated heterocycles. The minimum absolute atomic E-state index is 0.150. The first-order valence-corrected chi connectivity index (χ1v) is 8.14. The summed E-state index contributed by atoms with van der Waals surface area (Å²) >= 11 is 0.882. The van der Waals surface area contributed by atoms with E-state index in [9.17, 15) is 14.7 Å². The lowest BCUT2D eigenvalue weighted by Crippen LogP contribution is -2.17. The fourth-order valence-electron chi connectivity index (χ4n) is 2.18. The largest absolute Gasteiger partial charge is 0.491 e. The summed E-state index contributed by atoms with van der Waals surface area (Å²) in [6, 6.07) is 16.4. The van der Waals surface area contributed by atoms with Crippen LogP contribution in [-0.4, -0.2) is 22.9 Å². The van der Waals surface area contributed by atoms with Crippen molar-refractivity contribution in [3.05, 3.63) is 70.6 Å². The molecule has 1 atom stereocenters. The summed E-state index contributed by atoms with van der Waals surface area (Å²) in [7, 11) is 0. The minimum atomic E-state index is -0.697. The van der Waals surface area contributed by atoms with Crippen molar-refractivity contribution in [2.24, 2.45) is 0 Å². The first kappa shape index (κ1) is 16.3. The zero-order chi connectivity index (χ0) is 16.9. The summed E-state index contributed by atoms with van der Waals surface area (Å²) in [5.74, 6) is 0.239. The van der Waals surface area contributed by atoms with Crippen molar-refractivity contribution in [1.29, 1.82) is 0 Å². The number of rotatable bonds is 5. The Bertz CT molecular complexity index is 771. The number of aliphatic hydroxyl groups is 1. The number of carbonyl (C=O) groups excluding carboxylic acids is 2. The van der Waals surface area contributed by atoms with E-state index in [1.54, 1.807) is 30.3 Å². The van der Waals surface area contributed by atoms with Gasteiger partial charge in [0, 0.05) is 0 Å². The van der Waals surface area contributed by atoms with Crippen LogP contribution >= 0.6 is 11.8 Å². The van der Waals surface area contributed by atoms with Crippen LogP contribution in [0.25, 0.3) is 6.08 Å². The maximum atomic E-state index is 11.5. The molecule has 2 aromatic carbocycles. The van der Waals surface area contributed by atoms with Crippen molar-refractivity contribution in [2.75, 3.05) is 6.61 Å². The Morgan fingerprint density at radius 3 is 2.42 bits per heavy atom. The molecule has 6 heteroatoms. The van der Waals surface area contributed by atoms with Gasteiger partial charge < -0.3 is 9.84 Å². The monoisotopic (exact) mass is 341 g/mol. The fourth-order valence-corrected chi connectivity index (χ4v) is 2.86. The molecule has 0 saturated carbocycles. The van der Waals surface area contributed by atoms with Crippen LogP contribution in [0, 0.1) is 0 Å². The summed E-state index contributed by atoms with van der Waals surface area (Å²) in [6.45, 7) is 0.150. The first-order valence-electron chi connectivity index (χ1n) is 7.32. The second-order valence-corrected chi connectivity index (χ2v) is 6.17. The molecule has 0 aliphatic carbocycles. The second-order valence-electron chi connectivity index (χ2n) is 5.16. The Morgan fingerprint density at radius 2 is 1.79 bits per heavy atom. The number of thioether (sulfide) groups is 1. The van der Waals surface area contributed by atoms with Crippen molar-refractivity contribution < 1.29 is 19.4 Å². The van der Waals surface area contributed by atoms with Crippen LogP contribution in [0.15, 0.2) is 59.5 Å². The average molecular weight is 341 g/mol. The zero-order valence-corrected chi connectivity index (χ0v) is 13.5. The molecule has 0 spiro atoms. The van der Waals surface area contributed by atoms with Gasteiger partial charge in [0.1, 0.15) is 18.5 Å². The molecule has 0 aromatic heterocycles. The van der Waals surface area contributed by atoms with Crippen molar-refractivity contribution in [3.8, 4) is 5.75 Å². The highest BCUT2D eigenvalue weighted by atomic mass is 32.2. The lowest BCUT2D eigenvalue weighted by atomic mass is 10.1. The molecule has 0 radical (unpaired) electrons. The molecule has 2 N–H and O–H groups in total. The van der Waals surface area contributed by atoms with E-state index in [0.717, 1.165) is 22.9 Å².